The first-order valence-corrected chi connectivity index (χ1v) is 12.6. The average molecular weight is 484 g/mol. The van der Waals surface area contributed by atoms with Gasteiger partial charge in [-0.25, -0.2) is 0 Å². The number of aliphatic hydroxyl groups excluding tert-OH is 1. The van der Waals surface area contributed by atoms with E-state index in [0.29, 0.717) is 23.8 Å². The molecule has 0 bridgehead atoms. The van der Waals surface area contributed by atoms with E-state index in [1.54, 1.807) is 23.1 Å². The van der Waals surface area contributed by atoms with Crippen LogP contribution in [0.4, 0.5) is 0 Å². The van der Waals surface area contributed by atoms with Crippen molar-refractivity contribution in [1.82, 2.24) is 4.90 Å². The molecule has 1 atom stereocenters. The number of likely N-dealkylation sites (tertiary alicyclic amines) is 1. The Balaban J connectivity index is 1.79. The molecule has 1 amide bonds. The van der Waals surface area contributed by atoms with Crippen molar-refractivity contribution >= 4 is 17.4 Å². The van der Waals surface area contributed by atoms with E-state index in [0.717, 1.165) is 29.5 Å². The largest absolute Gasteiger partial charge is 0.507 e. The Bertz CT molecular complexity index is 1250. The van der Waals surface area contributed by atoms with Gasteiger partial charge in [0.25, 0.3) is 11.7 Å². The summed E-state index contributed by atoms with van der Waals surface area (Å²) in [6, 6.07) is 23.9. The third kappa shape index (κ3) is 5.35. The Morgan fingerprint density at radius 3 is 2.36 bits per heavy atom. The Hall–Kier alpha value is -3.86. The quantitative estimate of drug-likeness (QED) is 0.161. The predicted octanol–water partition coefficient (Wildman–Crippen LogP) is 6.61. The Labute approximate surface area is 213 Å². The number of carbonyl (C=O) groups excluding carboxylic acids is 2. The highest BCUT2D eigenvalue weighted by atomic mass is 16.5. The lowest BCUT2D eigenvalue weighted by Crippen LogP contribution is -2.29. The number of ketones is 1. The van der Waals surface area contributed by atoms with Gasteiger partial charge >= 0.3 is 0 Å². The number of aliphatic hydroxyl groups is 1. The highest BCUT2D eigenvalue weighted by molar-refractivity contribution is 6.46. The van der Waals surface area contributed by atoms with Gasteiger partial charge in [-0.15, -0.1) is 0 Å². The lowest BCUT2D eigenvalue weighted by molar-refractivity contribution is -0.140. The van der Waals surface area contributed by atoms with E-state index in [1.807, 2.05) is 60.7 Å². The molecule has 0 radical (unpaired) electrons. The molecular formula is C31H33NO4. The minimum atomic E-state index is -0.698. The molecule has 1 unspecified atom stereocenters. The highest BCUT2D eigenvalue weighted by Crippen LogP contribution is 2.41. The van der Waals surface area contributed by atoms with Crippen LogP contribution in [0.1, 0.15) is 67.8 Å². The van der Waals surface area contributed by atoms with E-state index in [9.17, 15) is 14.7 Å². The minimum Gasteiger partial charge on any atom is -0.507 e. The zero-order valence-electron chi connectivity index (χ0n) is 21.1. The van der Waals surface area contributed by atoms with Crippen LogP contribution in [-0.2, 0) is 16.1 Å². The number of ether oxygens (including phenoxy) is 1. The summed E-state index contributed by atoms with van der Waals surface area (Å²) in [5, 5.41) is 11.4. The third-order valence-corrected chi connectivity index (χ3v) is 6.53. The van der Waals surface area contributed by atoms with Crippen LogP contribution in [0.15, 0.2) is 84.4 Å². The molecule has 3 aromatic carbocycles. The number of Topliss-reactive ketones (excluding diaryl/α,β-unsaturated/α-hetero) is 1. The van der Waals surface area contributed by atoms with E-state index in [1.165, 1.54) is 0 Å². The molecule has 1 saturated heterocycles. The van der Waals surface area contributed by atoms with E-state index < -0.39 is 17.7 Å². The summed E-state index contributed by atoms with van der Waals surface area (Å²) in [6.45, 7) is 7.16. The number of hydrogen-bond acceptors (Lipinski definition) is 4. The molecule has 3 aromatic rings. The zero-order valence-corrected chi connectivity index (χ0v) is 21.1. The second kappa shape index (κ2) is 11.3. The molecule has 1 N–H and O–H groups in total. The Morgan fingerprint density at radius 1 is 0.972 bits per heavy atom. The van der Waals surface area contributed by atoms with Crippen LogP contribution < -0.4 is 4.74 Å². The molecule has 1 heterocycles. The molecule has 36 heavy (non-hydrogen) atoms. The molecule has 0 aliphatic carbocycles. The SMILES string of the molecule is CCCCOc1cccc(C(O)=C2C(=O)C(=O)N(Cc3ccccc3)C2c2ccc(C(C)C)cc2)c1. The standard InChI is InChI=1S/C31H33NO4/c1-4-5-18-36-26-13-9-12-25(19-26)29(33)27-28(24-16-14-23(15-17-24)21(2)3)32(31(35)30(27)34)20-22-10-7-6-8-11-22/h6-17,19,21,28,33H,4-5,18,20H2,1-3H3. The fraction of sp³-hybridized carbons (Fsp3) is 0.290. The molecule has 5 heteroatoms. The molecule has 1 fully saturated rings. The van der Waals surface area contributed by atoms with Crippen molar-refractivity contribution in [3.8, 4) is 5.75 Å². The van der Waals surface area contributed by atoms with Gasteiger partial charge in [0.1, 0.15) is 11.5 Å². The summed E-state index contributed by atoms with van der Waals surface area (Å²) in [5.41, 5.74) is 3.40. The van der Waals surface area contributed by atoms with Crippen LogP contribution in [0.2, 0.25) is 0 Å². The topological polar surface area (TPSA) is 66.8 Å². The van der Waals surface area contributed by atoms with Crippen LogP contribution in [0.5, 0.6) is 5.75 Å². The van der Waals surface area contributed by atoms with Crippen molar-refractivity contribution in [3.63, 3.8) is 0 Å². The number of amides is 1. The maximum Gasteiger partial charge on any atom is 0.295 e. The van der Waals surface area contributed by atoms with Gasteiger partial charge in [-0.1, -0.05) is 93.9 Å². The number of carbonyl (C=O) groups is 2. The van der Waals surface area contributed by atoms with Crippen molar-refractivity contribution in [2.24, 2.45) is 0 Å². The molecule has 1 aliphatic rings. The monoisotopic (exact) mass is 483 g/mol. The molecule has 5 nitrogen and oxygen atoms in total. The van der Waals surface area contributed by atoms with Crippen molar-refractivity contribution in [1.29, 1.82) is 0 Å². The number of hydrogen-bond donors (Lipinski definition) is 1. The maximum atomic E-state index is 13.3. The van der Waals surface area contributed by atoms with Gasteiger partial charge in [-0.3, -0.25) is 9.59 Å². The number of benzene rings is 3. The normalized spacial score (nSPS) is 17.1. The van der Waals surface area contributed by atoms with Crippen LogP contribution in [0.3, 0.4) is 0 Å². The number of rotatable bonds is 9. The fourth-order valence-electron chi connectivity index (χ4n) is 4.46. The Kier molecular flexibility index (Phi) is 7.89. The van der Waals surface area contributed by atoms with Gasteiger partial charge in [0.05, 0.1) is 18.2 Å². The summed E-state index contributed by atoms with van der Waals surface area (Å²) in [5.74, 6) is -0.524. The maximum absolute atomic E-state index is 13.3. The van der Waals surface area contributed by atoms with Gasteiger partial charge in [0.15, 0.2) is 0 Å². The molecule has 0 spiro atoms. The third-order valence-electron chi connectivity index (χ3n) is 6.53. The van der Waals surface area contributed by atoms with Gasteiger partial charge in [0.2, 0.25) is 0 Å². The smallest absolute Gasteiger partial charge is 0.295 e. The average Bonchev–Trinajstić information content (AvgIpc) is 3.14. The van der Waals surface area contributed by atoms with E-state index in [2.05, 4.69) is 20.8 Å². The molecule has 0 saturated carbocycles. The minimum absolute atomic E-state index is 0.0962. The molecule has 186 valence electrons. The van der Waals surface area contributed by atoms with Gasteiger partial charge in [-0.2, -0.15) is 0 Å². The Morgan fingerprint density at radius 2 is 1.69 bits per heavy atom. The van der Waals surface area contributed by atoms with E-state index in [-0.39, 0.29) is 17.9 Å². The van der Waals surface area contributed by atoms with Crippen LogP contribution >= 0.6 is 0 Å². The first-order chi connectivity index (χ1) is 17.4. The zero-order chi connectivity index (χ0) is 25.7. The van der Waals surface area contributed by atoms with Crippen molar-refractivity contribution < 1.29 is 19.4 Å². The van der Waals surface area contributed by atoms with Crippen molar-refractivity contribution in [2.75, 3.05) is 6.61 Å². The number of unbranched alkanes of at least 4 members (excludes halogenated alkanes) is 1. The molecule has 4 rings (SSSR count). The summed E-state index contributed by atoms with van der Waals surface area (Å²) < 4.78 is 5.80. The first kappa shape index (κ1) is 25.2. The second-order valence-electron chi connectivity index (χ2n) is 9.46. The van der Waals surface area contributed by atoms with Crippen LogP contribution in [0.25, 0.3) is 5.76 Å². The molecular weight excluding hydrogens is 450 g/mol. The van der Waals surface area contributed by atoms with Crippen LogP contribution in [-0.4, -0.2) is 28.3 Å². The lowest BCUT2D eigenvalue weighted by atomic mass is 9.93. The fourth-order valence-corrected chi connectivity index (χ4v) is 4.46. The summed E-state index contributed by atoms with van der Waals surface area (Å²) >= 11 is 0. The highest BCUT2D eigenvalue weighted by Gasteiger charge is 2.46. The van der Waals surface area contributed by atoms with Gasteiger partial charge in [0, 0.05) is 12.1 Å². The van der Waals surface area contributed by atoms with Crippen molar-refractivity contribution in [3.05, 3.63) is 107 Å². The molecule has 0 aromatic heterocycles. The first-order valence-electron chi connectivity index (χ1n) is 12.6. The second-order valence-corrected chi connectivity index (χ2v) is 9.46. The van der Waals surface area contributed by atoms with Crippen LogP contribution in [0, 0.1) is 0 Å². The molecule has 1 aliphatic heterocycles. The summed E-state index contributed by atoms with van der Waals surface area (Å²) in [7, 11) is 0. The predicted molar refractivity (Wildman–Crippen MR) is 142 cm³/mol. The van der Waals surface area contributed by atoms with Crippen molar-refractivity contribution in [2.45, 2.75) is 52.1 Å². The summed E-state index contributed by atoms with van der Waals surface area (Å²) in [4.78, 5) is 28.1. The lowest BCUT2D eigenvalue weighted by Gasteiger charge is -2.26. The van der Waals surface area contributed by atoms with Gasteiger partial charge in [-0.05, 0) is 41.2 Å². The van der Waals surface area contributed by atoms with E-state index in [4.69, 9.17) is 4.74 Å². The number of nitrogens with zero attached hydrogens (tertiary/aromatic N) is 1. The van der Waals surface area contributed by atoms with Gasteiger partial charge < -0.3 is 14.7 Å². The van der Waals surface area contributed by atoms with E-state index >= 15 is 0 Å². The summed E-state index contributed by atoms with van der Waals surface area (Å²) in [6.07, 6.45) is 1.94.